The van der Waals surface area contributed by atoms with Gasteiger partial charge in [-0.1, -0.05) is 6.07 Å². The van der Waals surface area contributed by atoms with Crippen molar-refractivity contribution in [2.45, 2.75) is 26.4 Å². The van der Waals surface area contributed by atoms with Crippen LogP contribution < -0.4 is 10.1 Å². The van der Waals surface area contributed by atoms with Crippen molar-refractivity contribution in [3.8, 4) is 5.75 Å². The van der Waals surface area contributed by atoms with Crippen LogP contribution in [0.2, 0.25) is 0 Å². The number of methoxy groups -OCH3 is 1. The fraction of sp³-hybridized carbons (Fsp3) is 0.333. The van der Waals surface area contributed by atoms with Gasteiger partial charge in [0.1, 0.15) is 5.75 Å². The lowest BCUT2D eigenvalue weighted by molar-refractivity contribution is 0.411. The molecule has 2 rings (SSSR count). The fourth-order valence-corrected chi connectivity index (χ4v) is 3.32. The van der Waals surface area contributed by atoms with E-state index >= 15 is 0 Å². The summed E-state index contributed by atoms with van der Waals surface area (Å²) in [6, 6.07) is 6.51. The summed E-state index contributed by atoms with van der Waals surface area (Å²) in [5, 5.41) is 7.95. The van der Waals surface area contributed by atoms with Crippen LogP contribution in [0.3, 0.4) is 0 Å². The van der Waals surface area contributed by atoms with Gasteiger partial charge in [0, 0.05) is 12.6 Å². The van der Waals surface area contributed by atoms with E-state index < -0.39 is 0 Å². The van der Waals surface area contributed by atoms with Crippen LogP contribution >= 0.6 is 27.3 Å². The third-order valence-electron chi connectivity index (χ3n) is 3.24. The van der Waals surface area contributed by atoms with Gasteiger partial charge in [0.25, 0.3) is 0 Å². The van der Waals surface area contributed by atoms with Crippen molar-refractivity contribution in [1.29, 1.82) is 0 Å². The molecule has 1 unspecified atom stereocenters. The highest BCUT2D eigenvalue weighted by Gasteiger charge is 2.09. The maximum Gasteiger partial charge on any atom is 0.133 e. The Morgan fingerprint density at radius 2 is 2.16 bits per heavy atom. The van der Waals surface area contributed by atoms with Gasteiger partial charge >= 0.3 is 0 Å². The van der Waals surface area contributed by atoms with Gasteiger partial charge in [-0.15, -0.1) is 0 Å². The molecule has 1 N–H and O–H groups in total. The summed E-state index contributed by atoms with van der Waals surface area (Å²) in [6.07, 6.45) is 0. The third-order valence-corrected chi connectivity index (χ3v) is 4.77. The van der Waals surface area contributed by atoms with Crippen molar-refractivity contribution in [2.75, 3.05) is 7.11 Å². The first-order valence-electron chi connectivity index (χ1n) is 6.20. The van der Waals surface area contributed by atoms with Crippen molar-refractivity contribution in [3.63, 3.8) is 0 Å². The molecule has 0 saturated carbocycles. The highest BCUT2D eigenvalue weighted by atomic mass is 79.9. The van der Waals surface area contributed by atoms with Gasteiger partial charge in [-0.2, -0.15) is 11.3 Å². The maximum atomic E-state index is 5.25. The predicted octanol–water partition coefficient (Wildman–Crippen LogP) is 4.68. The summed E-state index contributed by atoms with van der Waals surface area (Å²) in [5.74, 6) is 0.865. The standard InChI is InChI=1S/C15H18BrNOS/c1-10-8-19-9-13(10)7-17-11(2)12-4-5-15(18-3)14(16)6-12/h4-6,8-9,11,17H,7H2,1-3H3. The van der Waals surface area contributed by atoms with Crippen LogP contribution in [0.4, 0.5) is 0 Å². The zero-order valence-electron chi connectivity index (χ0n) is 11.4. The zero-order chi connectivity index (χ0) is 13.8. The summed E-state index contributed by atoms with van der Waals surface area (Å²) >= 11 is 5.28. The summed E-state index contributed by atoms with van der Waals surface area (Å²) < 4.78 is 6.24. The molecule has 0 fully saturated rings. The molecule has 0 spiro atoms. The second-order valence-electron chi connectivity index (χ2n) is 4.58. The quantitative estimate of drug-likeness (QED) is 0.853. The first-order valence-corrected chi connectivity index (χ1v) is 7.94. The number of rotatable bonds is 5. The van der Waals surface area contributed by atoms with Crippen LogP contribution in [-0.4, -0.2) is 7.11 Å². The Hall–Kier alpha value is -0.840. The second-order valence-corrected chi connectivity index (χ2v) is 6.17. The molecule has 0 aliphatic rings. The van der Waals surface area contributed by atoms with Gasteiger partial charge in [0.05, 0.1) is 11.6 Å². The molecule has 0 aliphatic carbocycles. The predicted molar refractivity (Wildman–Crippen MR) is 85.0 cm³/mol. The molecule has 2 nitrogen and oxygen atoms in total. The van der Waals surface area contributed by atoms with Crippen LogP contribution in [0, 0.1) is 6.92 Å². The van der Waals surface area contributed by atoms with Crippen LogP contribution in [-0.2, 0) is 6.54 Å². The van der Waals surface area contributed by atoms with Crippen LogP contribution in [0.1, 0.15) is 29.7 Å². The minimum Gasteiger partial charge on any atom is -0.496 e. The molecule has 0 aliphatic heterocycles. The highest BCUT2D eigenvalue weighted by molar-refractivity contribution is 9.10. The summed E-state index contributed by atoms with van der Waals surface area (Å²) in [5.41, 5.74) is 3.99. The highest BCUT2D eigenvalue weighted by Crippen LogP contribution is 2.28. The number of aryl methyl sites for hydroxylation is 1. The number of thiophene rings is 1. The molecule has 0 saturated heterocycles. The van der Waals surface area contributed by atoms with E-state index in [-0.39, 0.29) is 0 Å². The van der Waals surface area contributed by atoms with Crippen LogP contribution in [0.5, 0.6) is 5.75 Å². The van der Waals surface area contributed by atoms with Gasteiger partial charge in [-0.05, 0) is 69.4 Å². The fourth-order valence-electron chi connectivity index (χ4n) is 1.90. The van der Waals surface area contributed by atoms with Crippen molar-refractivity contribution >= 4 is 27.3 Å². The van der Waals surface area contributed by atoms with Crippen molar-refractivity contribution < 1.29 is 4.74 Å². The number of hydrogen-bond donors (Lipinski definition) is 1. The largest absolute Gasteiger partial charge is 0.496 e. The van der Waals surface area contributed by atoms with E-state index in [1.54, 1.807) is 18.4 Å². The van der Waals surface area contributed by atoms with Gasteiger partial charge in [0.15, 0.2) is 0 Å². The van der Waals surface area contributed by atoms with Crippen molar-refractivity contribution in [2.24, 2.45) is 0 Å². The Labute approximate surface area is 126 Å². The molecule has 2 aromatic rings. The summed E-state index contributed by atoms with van der Waals surface area (Å²) in [7, 11) is 1.68. The number of benzene rings is 1. The van der Waals surface area contributed by atoms with Gasteiger partial charge in [-0.3, -0.25) is 0 Å². The van der Waals surface area contributed by atoms with Crippen LogP contribution in [0.25, 0.3) is 0 Å². The average Bonchev–Trinajstić information content (AvgIpc) is 2.81. The number of nitrogens with one attached hydrogen (secondary N) is 1. The Morgan fingerprint density at radius 3 is 2.74 bits per heavy atom. The van der Waals surface area contributed by atoms with E-state index in [0.717, 1.165) is 16.8 Å². The topological polar surface area (TPSA) is 21.3 Å². The monoisotopic (exact) mass is 339 g/mol. The molecule has 19 heavy (non-hydrogen) atoms. The summed E-state index contributed by atoms with van der Waals surface area (Å²) in [6.45, 7) is 5.23. The van der Waals surface area contributed by atoms with E-state index in [1.807, 2.05) is 6.07 Å². The first-order chi connectivity index (χ1) is 9.11. The molecule has 0 amide bonds. The number of halogens is 1. The minimum absolute atomic E-state index is 0.307. The first kappa shape index (κ1) is 14.6. The van der Waals surface area contributed by atoms with Crippen molar-refractivity contribution in [3.05, 3.63) is 50.1 Å². The number of ether oxygens (including phenoxy) is 1. The maximum absolute atomic E-state index is 5.25. The second kappa shape index (κ2) is 6.55. The molecular formula is C15H18BrNOS. The van der Waals surface area contributed by atoms with Gasteiger partial charge in [0.2, 0.25) is 0 Å². The van der Waals surface area contributed by atoms with Crippen molar-refractivity contribution in [1.82, 2.24) is 5.32 Å². The van der Waals surface area contributed by atoms with E-state index in [2.05, 4.69) is 58.0 Å². The van der Waals surface area contributed by atoms with E-state index in [4.69, 9.17) is 4.74 Å². The van der Waals surface area contributed by atoms with Gasteiger partial charge in [-0.25, -0.2) is 0 Å². The Morgan fingerprint density at radius 1 is 1.37 bits per heavy atom. The molecule has 1 aromatic heterocycles. The molecular weight excluding hydrogens is 322 g/mol. The third kappa shape index (κ3) is 3.59. The van der Waals surface area contributed by atoms with Crippen LogP contribution in [0.15, 0.2) is 33.4 Å². The number of hydrogen-bond acceptors (Lipinski definition) is 3. The Balaban J connectivity index is 2.02. The lowest BCUT2D eigenvalue weighted by atomic mass is 10.1. The zero-order valence-corrected chi connectivity index (χ0v) is 13.8. The Bertz CT molecular complexity index is 553. The van der Waals surface area contributed by atoms with E-state index in [9.17, 15) is 0 Å². The molecule has 4 heteroatoms. The minimum atomic E-state index is 0.307. The normalized spacial score (nSPS) is 12.4. The molecule has 1 aromatic carbocycles. The molecule has 1 heterocycles. The molecule has 0 radical (unpaired) electrons. The van der Waals surface area contributed by atoms with E-state index in [1.165, 1.54) is 16.7 Å². The SMILES string of the molecule is COc1ccc(C(C)NCc2cscc2C)cc1Br. The van der Waals surface area contributed by atoms with Gasteiger partial charge < -0.3 is 10.1 Å². The Kier molecular flexibility index (Phi) is 5.02. The lowest BCUT2D eigenvalue weighted by Crippen LogP contribution is -2.18. The molecule has 102 valence electrons. The van der Waals surface area contributed by atoms with E-state index in [0.29, 0.717) is 6.04 Å². The molecule has 1 atom stereocenters. The lowest BCUT2D eigenvalue weighted by Gasteiger charge is -2.15. The smallest absolute Gasteiger partial charge is 0.133 e. The average molecular weight is 340 g/mol. The summed E-state index contributed by atoms with van der Waals surface area (Å²) in [4.78, 5) is 0. The molecule has 0 bridgehead atoms.